The van der Waals surface area contributed by atoms with Gasteiger partial charge in [-0.05, 0) is 79.0 Å². The summed E-state index contributed by atoms with van der Waals surface area (Å²) in [6.45, 7) is 2.24. The van der Waals surface area contributed by atoms with Crippen LogP contribution in [0.3, 0.4) is 0 Å². The number of anilines is 2. The molecule has 3 heterocycles. The number of carboxylic acid groups (broad SMARTS) is 1. The maximum absolute atomic E-state index is 13.7. The first-order valence-corrected chi connectivity index (χ1v) is 14.8. The van der Waals surface area contributed by atoms with Crippen molar-refractivity contribution in [1.29, 1.82) is 0 Å². The van der Waals surface area contributed by atoms with Gasteiger partial charge in [-0.2, -0.15) is 26.3 Å². The molecule has 1 atom stereocenters. The second kappa shape index (κ2) is 13.5. The van der Waals surface area contributed by atoms with Crippen LogP contribution in [0.4, 0.5) is 37.8 Å². The van der Waals surface area contributed by atoms with E-state index in [4.69, 9.17) is 16.7 Å². The van der Waals surface area contributed by atoms with Gasteiger partial charge in [0.25, 0.3) is 5.91 Å². The number of aromatic nitrogens is 1. The molecule has 2 aromatic carbocycles. The van der Waals surface area contributed by atoms with Crippen LogP contribution in [-0.2, 0) is 17.5 Å². The van der Waals surface area contributed by atoms with E-state index in [9.17, 15) is 35.9 Å². The lowest BCUT2D eigenvalue weighted by molar-refractivity contribution is -0.177. The summed E-state index contributed by atoms with van der Waals surface area (Å²) in [5.74, 6) is -1.41. The predicted molar refractivity (Wildman–Crippen MR) is 160 cm³/mol. The van der Waals surface area contributed by atoms with Crippen LogP contribution in [0, 0.1) is 0 Å². The predicted octanol–water partition coefficient (Wildman–Crippen LogP) is 6.41. The van der Waals surface area contributed by atoms with Crippen molar-refractivity contribution in [2.75, 3.05) is 49.5 Å². The molecule has 3 aromatic rings. The molecule has 246 valence electrons. The highest BCUT2D eigenvalue weighted by molar-refractivity contribution is 6.31. The van der Waals surface area contributed by atoms with Crippen molar-refractivity contribution in [1.82, 2.24) is 14.8 Å². The molecule has 0 bridgehead atoms. The molecule has 0 radical (unpaired) electrons. The van der Waals surface area contributed by atoms with Gasteiger partial charge in [0.1, 0.15) is 11.9 Å². The van der Waals surface area contributed by atoms with Gasteiger partial charge < -0.3 is 15.3 Å². The van der Waals surface area contributed by atoms with Gasteiger partial charge in [-0.3, -0.25) is 19.4 Å². The number of amides is 1. The lowest BCUT2D eigenvalue weighted by Crippen LogP contribution is -2.47. The van der Waals surface area contributed by atoms with E-state index in [1.807, 2.05) is 4.90 Å². The number of rotatable bonds is 8. The van der Waals surface area contributed by atoms with Crippen molar-refractivity contribution in [3.63, 3.8) is 0 Å². The number of carboxylic acids is 1. The van der Waals surface area contributed by atoms with Gasteiger partial charge >= 0.3 is 18.3 Å². The van der Waals surface area contributed by atoms with Gasteiger partial charge in [0, 0.05) is 60.8 Å². The summed E-state index contributed by atoms with van der Waals surface area (Å²) >= 11 is 6.00. The van der Waals surface area contributed by atoms with E-state index in [2.05, 4.69) is 15.2 Å². The summed E-state index contributed by atoms with van der Waals surface area (Å²) in [6, 6.07) is 9.29. The molecular weight excluding hydrogens is 640 g/mol. The van der Waals surface area contributed by atoms with E-state index in [0.29, 0.717) is 32.6 Å². The highest BCUT2D eigenvalue weighted by atomic mass is 35.5. The van der Waals surface area contributed by atoms with Crippen molar-refractivity contribution < 1.29 is 41.0 Å². The molecule has 0 aliphatic carbocycles. The van der Waals surface area contributed by atoms with E-state index in [1.165, 1.54) is 23.2 Å². The Morgan fingerprint density at radius 2 is 1.65 bits per heavy atom. The maximum Gasteiger partial charge on any atom is 0.416 e. The molecule has 46 heavy (non-hydrogen) atoms. The molecule has 0 unspecified atom stereocenters. The van der Waals surface area contributed by atoms with Crippen molar-refractivity contribution in [3.05, 3.63) is 76.4 Å². The smallest absolute Gasteiger partial charge is 0.416 e. The first-order chi connectivity index (χ1) is 21.7. The number of hydrogen-bond acceptors (Lipinski definition) is 6. The standard InChI is InChI=1S/C31H30ClF6N5O3/c32-23-13-20(12-22(15-23)30(33,34)35)25-16-39-27(14-21(25)17-43-7-1-2-26(43)31(36,37)38)40-29(46)19-3-5-24(6-4-19)42-10-8-41(9-11-42)18-28(44)45/h3-6,12-16,26H,1-2,7-11,17-18H2,(H,44,45)(H,39,40,46)/t26-/m0/s1. The maximum atomic E-state index is 13.7. The van der Waals surface area contributed by atoms with Gasteiger partial charge in [-0.15, -0.1) is 0 Å². The van der Waals surface area contributed by atoms with Gasteiger partial charge in [0.2, 0.25) is 0 Å². The fourth-order valence-corrected chi connectivity index (χ4v) is 6.07. The quantitative estimate of drug-likeness (QED) is 0.268. The minimum atomic E-state index is -4.71. The SMILES string of the molecule is O=C(O)CN1CCN(c2ccc(C(=O)Nc3cc(CN4CCC[C@H]4C(F)(F)F)c(-c4cc(Cl)cc(C(F)(F)F)c4)cn3)cc2)CC1. The molecule has 1 aromatic heterocycles. The van der Waals surface area contributed by atoms with E-state index >= 15 is 0 Å². The van der Waals surface area contributed by atoms with Crippen LogP contribution < -0.4 is 10.2 Å². The average molecular weight is 670 g/mol. The van der Waals surface area contributed by atoms with Crippen LogP contribution in [0.2, 0.25) is 5.02 Å². The largest absolute Gasteiger partial charge is 0.480 e. The molecule has 5 rings (SSSR count). The zero-order valence-corrected chi connectivity index (χ0v) is 25.1. The van der Waals surface area contributed by atoms with Crippen molar-refractivity contribution in [2.45, 2.75) is 37.8 Å². The number of halogens is 7. The number of alkyl halides is 6. The second-order valence-electron chi connectivity index (χ2n) is 11.3. The topological polar surface area (TPSA) is 89.0 Å². The molecule has 2 N–H and O–H groups in total. The minimum Gasteiger partial charge on any atom is -0.480 e. The molecule has 0 saturated carbocycles. The zero-order chi connectivity index (χ0) is 33.2. The van der Waals surface area contributed by atoms with Gasteiger partial charge in [-0.25, -0.2) is 4.98 Å². The Bertz CT molecular complexity index is 1580. The third kappa shape index (κ3) is 8.09. The Balaban J connectivity index is 1.37. The number of carbonyl (C=O) groups excluding carboxylic acids is 1. The molecule has 1 amide bonds. The number of benzene rings is 2. The van der Waals surface area contributed by atoms with Gasteiger partial charge in [0.05, 0.1) is 12.1 Å². The van der Waals surface area contributed by atoms with Crippen LogP contribution in [0.5, 0.6) is 0 Å². The lowest BCUT2D eigenvalue weighted by atomic mass is 9.99. The summed E-state index contributed by atoms with van der Waals surface area (Å²) < 4.78 is 81.9. The van der Waals surface area contributed by atoms with E-state index in [0.717, 1.165) is 17.8 Å². The highest BCUT2D eigenvalue weighted by Gasteiger charge is 2.45. The Kier molecular flexibility index (Phi) is 9.80. The molecule has 2 fully saturated rings. The molecule has 15 heteroatoms. The normalized spacial score (nSPS) is 18.2. The fraction of sp³-hybridized carbons (Fsp3) is 0.387. The number of piperazine rings is 1. The van der Waals surface area contributed by atoms with E-state index < -0.39 is 35.8 Å². The van der Waals surface area contributed by atoms with Crippen LogP contribution in [0.1, 0.15) is 34.3 Å². The molecule has 8 nitrogen and oxygen atoms in total. The van der Waals surface area contributed by atoms with Gasteiger partial charge in [0.15, 0.2) is 0 Å². The van der Waals surface area contributed by atoms with Crippen molar-refractivity contribution >= 4 is 35.0 Å². The van der Waals surface area contributed by atoms with Crippen molar-refractivity contribution in [2.24, 2.45) is 0 Å². The zero-order valence-electron chi connectivity index (χ0n) is 24.3. The third-order valence-electron chi connectivity index (χ3n) is 8.11. The monoisotopic (exact) mass is 669 g/mol. The van der Waals surface area contributed by atoms with Crippen molar-refractivity contribution in [3.8, 4) is 11.1 Å². The first kappa shape index (κ1) is 33.5. The van der Waals surface area contributed by atoms with Crippen LogP contribution >= 0.6 is 11.6 Å². The summed E-state index contributed by atoms with van der Waals surface area (Å²) in [5, 5.41) is 11.4. The number of likely N-dealkylation sites (tertiary alicyclic amines) is 1. The minimum absolute atomic E-state index is 0.0169. The number of aliphatic carboxylic acids is 1. The van der Waals surface area contributed by atoms with E-state index in [-0.39, 0.29) is 59.1 Å². The average Bonchev–Trinajstić information content (AvgIpc) is 3.46. The Labute approximate surface area is 265 Å². The third-order valence-corrected chi connectivity index (χ3v) is 8.33. The first-order valence-electron chi connectivity index (χ1n) is 14.5. The Morgan fingerprint density at radius 1 is 0.957 bits per heavy atom. The summed E-state index contributed by atoms with van der Waals surface area (Å²) in [6.07, 6.45) is -7.77. The molecule has 2 saturated heterocycles. The Hall–Kier alpha value is -3.88. The second-order valence-corrected chi connectivity index (χ2v) is 11.7. The number of nitrogens with zero attached hydrogens (tertiary/aromatic N) is 4. The molecular formula is C31H30ClF6N5O3. The van der Waals surface area contributed by atoms with E-state index in [1.54, 1.807) is 24.3 Å². The van der Waals surface area contributed by atoms with Crippen LogP contribution in [0.15, 0.2) is 54.7 Å². The summed E-state index contributed by atoms with van der Waals surface area (Å²) in [7, 11) is 0. The number of carbonyl (C=O) groups is 2. The molecule has 2 aliphatic heterocycles. The fourth-order valence-electron chi connectivity index (χ4n) is 5.84. The number of nitrogens with one attached hydrogen (secondary N) is 1. The summed E-state index contributed by atoms with van der Waals surface area (Å²) in [5.41, 5.74) is 0.546. The van der Waals surface area contributed by atoms with Crippen LogP contribution in [0.25, 0.3) is 11.1 Å². The number of hydrogen-bond donors (Lipinski definition) is 2. The highest BCUT2D eigenvalue weighted by Crippen LogP contribution is 2.38. The van der Waals surface area contributed by atoms with Gasteiger partial charge in [-0.1, -0.05) is 11.6 Å². The molecule has 0 spiro atoms. The lowest BCUT2D eigenvalue weighted by Gasteiger charge is -2.35. The Morgan fingerprint density at radius 3 is 2.28 bits per heavy atom. The summed E-state index contributed by atoms with van der Waals surface area (Å²) in [4.78, 5) is 33.4. The number of pyridine rings is 1. The molecule has 2 aliphatic rings. The van der Waals surface area contributed by atoms with Crippen LogP contribution in [-0.4, -0.2) is 83.3 Å².